The van der Waals surface area contributed by atoms with Crippen LogP contribution in [0, 0.1) is 5.92 Å². The maximum atomic E-state index is 13.9. The standard InChI is InChI=1S/C25H36F3N3O4/c1-17(22(34-3)20-12-9-13-29-20)16-30(24(33)25(26,27)28)21(18(2)19-10-5-4-6-11-19)23(32)31-14-7-8-15-35-31/h4-6,10-11,17-18,20-22,29H,7-9,12-16H2,1-3H3/t17-,18-,20+,21+,22-/m1/s1. The van der Waals surface area contributed by atoms with Gasteiger partial charge in [0.15, 0.2) is 0 Å². The summed E-state index contributed by atoms with van der Waals surface area (Å²) in [5, 5.41) is 4.45. The second kappa shape index (κ2) is 12.2. The number of benzene rings is 1. The topological polar surface area (TPSA) is 71.1 Å². The molecule has 10 heteroatoms. The molecule has 0 unspecified atom stereocenters. The summed E-state index contributed by atoms with van der Waals surface area (Å²) in [6, 6.07) is 7.40. The molecule has 7 nitrogen and oxygen atoms in total. The Morgan fingerprint density at radius 1 is 1.20 bits per heavy atom. The maximum absolute atomic E-state index is 13.9. The van der Waals surface area contributed by atoms with Crippen molar-refractivity contribution in [1.29, 1.82) is 0 Å². The van der Waals surface area contributed by atoms with E-state index in [0.29, 0.717) is 23.5 Å². The molecule has 2 aliphatic heterocycles. The van der Waals surface area contributed by atoms with Crippen LogP contribution in [0.2, 0.25) is 0 Å². The highest BCUT2D eigenvalue weighted by molar-refractivity contribution is 5.90. The molecular formula is C25H36F3N3O4. The zero-order valence-electron chi connectivity index (χ0n) is 20.6. The summed E-state index contributed by atoms with van der Waals surface area (Å²) in [6.45, 7) is 4.54. The summed E-state index contributed by atoms with van der Waals surface area (Å²) in [7, 11) is 1.52. The van der Waals surface area contributed by atoms with E-state index < -0.39 is 42.0 Å². The van der Waals surface area contributed by atoms with Gasteiger partial charge in [0.25, 0.3) is 5.91 Å². The van der Waals surface area contributed by atoms with Gasteiger partial charge in [-0.3, -0.25) is 14.4 Å². The SMILES string of the molecule is CO[C@H]([C@H](C)CN(C(=O)C(F)(F)F)[C@H](C(=O)N1CCCCO1)[C@H](C)c1ccccc1)[C@@H]1CCCN1. The van der Waals surface area contributed by atoms with Crippen molar-refractivity contribution in [2.24, 2.45) is 5.92 Å². The third kappa shape index (κ3) is 6.74. The second-order valence-electron chi connectivity index (χ2n) is 9.46. The van der Waals surface area contributed by atoms with Crippen LogP contribution in [-0.2, 0) is 19.2 Å². The smallest absolute Gasteiger partial charge is 0.379 e. The van der Waals surface area contributed by atoms with Crippen LogP contribution in [-0.4, -0.2) is 79.5 Å². The van der Waals surface area contributed by atoms with Gasteiger partial charge >= 0.3 is 12.1 Å². The molecule has 1 N–H and O–H groups in total. The van der Waals surface area contributed by atoms with Crippen LogP contribution in [0.5, 0.6) is 0 Å². The number of nitrogens with zero attached hydrogens (tertiary/aromatic N) is 2. The number of hydrogen-bond acceptors (Lipinski definition) is 5. The van der Waals surface area contributed by atoms with Crippen molar-refractivity contribution >= 4 is 11.8 Å². The highest BCUT2D eigenvalue weighted by Crippen LogP contribution is 2.31. The number of hydrogen-bond donors (Lipinski definition) is 1. The van der Waals surface area contributed by atoms with Crippen LogP contribution in [0.3, 0.4) is 0 Å². The van der Waals surface area contributed by atoms with Crippen molar-refractivity contribution in [2.45, 2.75) is 69.8 Å². The molecule has 2 amide bonds. The van der Waals surface area contributed by atoms with Crippen LogP contribution < -0.4 is 5.32 Å². The van der Waals surface area contributed by atoms with E-state index in [1.165, 1.54) is 7.11 Å². The van der Waals surface area contributed by atoms with E-state index >= 15 is 0 Å². The molecule has 2 heterocycles. The fraction of sp³-hybridized carbons (Fsp3) is 0.680. The number of carbonyl (C=O) groups excluding carboxylic acids is 2. The summed E-state index contributed by atoms with van der Waals surface area (Å²) in [4.78, 5) is 32.7. The van der Waals surface area contributed by atoms with Gasteiger partial charge in [-0.25, -0.2) is 5.06 Å². The number of methoxy groups -OCH3 is 1. The van der Waals surface area contributed by atoms with Crippen molar-refractivity contribution < 1.29 is 32.3 Å². The van der Waals surface area contributed by atoms with Crippen molar-refractivity contribution in [3.8, 4) is 0 Å². The highest BCUT2D eigenvalue weighted by atomic mass is 19.4. The van der Waals surface area contributed by atoms with Crippen LogP contribution in [0.4, 0.5) is 13.2 Å². The maximum Gasteiger partial charge on any atom is 0.471 e. The van der Waals surface area contributed by atoms with Gasteiger partial charge in [-0.2, -0.15) is 13.2 Å². The van der Waals surface area contributed by atoms with Gasteiger partial charge < -0.3 is 15.0 Å². The van der Waals surface area contributed by atoms with Crippen LogP contribution >= 0.6 is 0 Å². The molecule has 0 radical (unpaired) electrons. The summed E-state index contributed by atoms with van der Waals surface area (Å²) in [5.74, 6) is -3.82. The molecule has 0 spiro atoms. The van der Waals surface area contributed by atoms with E-state index in [1.807, 2.05) is 0 Å². The summed E-state index contributed by atoms with van der Waals surface area (Å²) in [6.07, 6.45) is -2.32. The van der Waals surface area contributed by atoms with E-state index in [4.69, 9.17) is 9.57 Å². The third-order valence-electron chi connectivity index (χ3n) is 6.95. The molecule has 2 saturated heterocycles. The van der Waals surface area contributed by atoms with Gasteiger partial charge in [0.05, 0.1) is 12.7 Å². The molecule has 5 atom stereocenters. The van der Waals surface area contributed by atoms with E-state index in [0.717, 1.165) is 30.9 Å². The predicted molar refractivity (Wildman–Crippen MR) is 124 cm³/mol. The van der Waals surface area contributed by atoms with Gasteiger partial charge in [-0.1, -0.05) is 44.2 Å². The van der Waals surface area contributed by atoms with E-state index in [1.54, 1.807) is 44.2 Å². The first-order chi connectivity index (χ1) is 16.6. The molecule has 0 aliphatic carbocycles. The molecule has 1 aromatic carbocycles. The van der Waals surface area contributed by atoms with Gasteiger partial charge in [0.1, 0.15) is 6.04 Å². The van der Waals surface area contributed by atoms with Gasteiger partial charge in [0.2, 0.25) is 0 Å². The fourth-order valence-corrected chi connectivity index (χ4v) is 5.16. The number of rotatable bonds is 9. The second-order valence-corrected chi connectivity index (χ2v) is 9.46. The number of amides is 2. The Hall–Kier alpha value is -2.17. The average Bonchev–Trinajstić information content (AvgIpc) is 3.38. The van der Waals surface area contributed by atoms with Crippen molar-refractivity contribution in [3.05, 3.63) is 35.9 Å². The molecule has 1 aromatic rings. The lowest BCUT2D eigenvalue weighted by molar-refractivity contribution is -0.209. The van der Waals surface area contributed by atoms with Crippen LogP contribution in [0.15, 0.2) is 30.3 Å². The lowest BCUT2D eigenvalue weighted by atomic mass is 9.89. The van der Waals surface area contributed by atoms with Gasteiger partial charge in [-0.15, -0.1) is 0 Å². The number of alkyl halides is 3. The lowest BCUT2D eigenvalue weighted by Crippen LogP contribution is -2.59. The largest absolute Gasteiger partial charge is 0.471 e. The first-order valence-corrected chi connectivity index (χ1v) is 12.3. The Balaban J connectivity index is 1.99. The van der Waals surface area contributed by atoms with Crippen molar-refractivity contribution in [2.75, 3.05) is 33.4 Å². The molecule has 0 saturated carbocycles. The molecule has 196 valence electrons. The molecule has 3 rings (SSSR count). The van der Waals surface area contributed by atoms with Crippen molar-refractivity contribution in [3.63, 3.8) is 0 Å². The Morgan fingerprint density at radius 3 is 2.46 bits per heavy atom. The molecule has 2 aliphatic rings. The first kappa shape index (κ1) is 27.4. The molecular weight excluding hydrogens is 463 g/mol. The first-order valence-electron chi connectivity index (χ1n) is 12.3. The molecule has 0 aromatic heterocycles. The Labute approximate surface area is 204 Å². The zero-order chi connectivity index (χ0) is 25.6. The molecule has 2 fully saturated rings. The van der Waals surface area contributed by atoms with Gasteiger partial charge in [-0.05, 0) is 37.8 Å². The van der Waals surface area contributed by atoms with E-state index in [9.17, 15) is 22.8 Å². The number of hydroxylamine groups is 2. The predicted octanol–water partition coefficient (Wildman–Crippen LogP) is 3.51. The number of ether oxygens (including phenoxy) is 1. The Kier molecular flexibility index (Phi) is 9.54. The average molecular weight is 500 g/mol. The summed E-state index contributed by atoms with van der Waals surface area (Å²) in [5.41, 5.74) is 0.663. The minimum absolute atomic E-state index is 0.0241. The molecule has 35 heavy (non-hydrogen) atoms. The monoisotopic (exact) mass is 499 g/mol. The summed E-state index contributed by atoms with van der Waals surface area (Å²) < 4.78 is 47.3. The number of halogens is 3. The minimum atomic E-state index is -5.13. The Morgan fingerprint density at radius 2 is 1.91 bits per heavy atom. The number of carbonyl (C=O) groups is 2. The van der Waals surface area contributed by atoms with Crippen molar-refractivity contribution in [1.82, 2.24) is 15.3 Å². The van der Waals surface area contributed by atoms with Crippen LogP contribution in [0.1, 0.15) is 51.0 Å². The Bertz CT molecular complexity index is 827. The fourth-order valence-electron chi connectivity index (χ4n) is 5.16. The highest BCUT2D eigenvalue weighted by Gasteiger charge is 2.49. The third-order valence-corrected chi connectivity index (χ3v) is 6.95. The minimum Gasteiger partial charge on any atom is -0.379 e. The lowest BCUT2D eigenvalue weighted by Gasteiger charge is -2.41. The molecule has 0 bridgehead atoms. The zero-order valence-corrected chi connectivity index (χ0v) is 20.6. The normalized spacial score (nSPS) is 22.3. The van der Waals surface area contributed by atoms with Crippen LogP contribution in [0.25, 0.3) is 0 Å². The number of nitrogens with one attached hydrogen (secondary N) is 1. The van der Waals surface area contributed by atoms with Gasteiger partial charge in [0, 0.05) is 38.1 Å². The van der Waals surface area contributed by atoms with E-state index in [2.05, 4.69) is 5.32 Å². The summed E-state index contributed by atoms with van der Waals surface area (Å²) >= 11 is 0. The quantitative estimate of drug-likeness (QED) is 0.563. The van der Waals surface area contributed by atoms with E-state index in [-0.39, 0.29) is 19.1 Å².